The van der Waals surface area contributed by atoms with Gasteiger partial charge in [-0.3, -0.25) is 5.41 Å². The first kappa shape index (κ1) is 12.4. The van der Waals surface area contributed by atoms with E-state index in [1.165, 1.54) is 11.3 Å². The summed E-state index contributed by atoms with van der Waals surface area (Å²) >= 11 is 1.18. The highest BCUT2D eigenvalue weighted by molar-refractivity contribution is 7.09. The SMILES string of the molecule is N=C(N)c1csc([C@@H]2O[C@H](CO)[C@@H](O)[C@H]2O)n1. The van der Waals surface area contributed by atoms with Crippen molar-refractivity contribution in [1.29, 1.82) is 5.41 Å². The molecule has 7 nitrogen and oxygen atoms in total. The van der Waals surface area contributed by atoms with Gasteiger partial charge in [0.15, 0.2) is 0 Å². The van der Waals surface area contributed by atoms with Gasteiger partial charge in [0, 0.05) is 5.38 Å². The van der Waals surface area contributed by atoms with Crippen molar-refractivity contribution in [3.05, 3.63) is 16.1 Å². The maximum atomic E-state index is 9.76. The van der Waals surface area contributed by atoms with E-state index < -0.39 is 24.4 Å². The normalized spacial score (nSPS) is 32.9. The Morgan fingerprint density at radius 3 is 2.71 bits per heavy atom. The van der Waals surface area contributed by atoms with Gasteiger partial charge in [0.25, 0.3) is 0 Å². The Labute approximate surface area is 101 Å². The Kier molecular flexibility index (Phi) is 3.40. The van der Waals surface area contributed by atoms with Gasteiger partial charge < -0.3 is 25.8 Å². The second kappa shape index (κ2) is 4.67. The summed E-state index contributed by atoms with van der Waals surface area (Å²) in [4.78, 5) is 4.04. The summed E-state index contributed by atoms with van der Waals surface area (Å²) in [5, 5.41) is 37.5. The van der Waals surface area contributed by atoms with E-state index >= 15 is 0 Å². The molecule has 1 aliphatic heterocycles. The van der Waals surface area contributed by atoms with E-state index in [0.717, 1.165) is 0 Å². The number of aliphatic hydroxyl groups excluding tert-OH is 3. The molecule has 1 saturated heterocycles. The topological polar surface area (TPSA) is 133 Å². The van der Waals surface area contributed by atoms with E-state index in [9.17, 15) is 10.2 Å². The quantitative estimate of drug-likeness (QED) is 0.334. The van der Waals surface area contributed by atoms with Crippen molar-refractivity contribution in [2.24, 2.45) is 5.73 Å². The second-order valence-electron chi connectivity index (χ2n) is 3.74. The Balaban J connectivity index is 2.19. The van der Waals surface area contributed by atoms with Crippen LogP contribution in [-0.2, 0) is 4.74 Å². The van der Waals surface area contributed by atoms with Crippen LogP contribution in [0, 0.1) is 5.41 Å². The Hall–Kier alpha value is -1.06. The van der Waals surface area contributed by atoms with Crippen molar-refractivity contribution in [3.63, 3.8) is 0 Å². The second-order valence-corrected chi connectivity index (χ2v) is 4.63. The molecule has 0 amide bonds. The molecule has 1 aromatic rings. The number of nitrogens with zero attached hydrogens (tertiary/aromatic N) is 1. The van der Waals surface area contributed by atoms with Crippen LogP contribution in [0.5, 0.6) is 0 Å². The highest BCUT2D eigenvalue weighted by atomic mass is 32.1. The predicted octanol–water partition coefficient (Wildman–Crippen LogP) is -1.42. The molecule has 0 spiro atoms. The molecule has 0 aliphatic carbocycles. The van der Waals surface area contributed by atoms with Crippen molar-refractivity contribution < 1.29 is 20.1 Å². The van der Waals surface area contributed by atoms with E-state index in [1.807, 2.05) is 0 Å². The monoisotopic (exact) mass is 259 g/mol. The number of nitrogen functional groups attached to an aromatic ring is 1. The van der Waals surface area contributed by atoms with Crippen LogP contribution in [0.2, 0.25) is 0 Å². The fraction of sp³-hybridized carbons (Fsp3) is 0.556. The summed E-state index contributed by atoms with van der Waals surface area (Å²) in [5.74, 6) is -0.167. The highest BCUT2D eigenvalue weighted by Gasteiger charge is 2.44. The molecule has 0 saturated carbocycles. The van der Waals surface area contributed by atoms with Crippen molar-refractivity contribution in [2.45, 2.75) is 24.4 Å². The number of nitrogens with two attached hydrogens (primary N) is 1. The van der Waals surface area contributed by atoms with Gasteiger partial charge in [-0.15, -0.1) is 11.3 Å². The summed E-state index contributed by atoms with van der Waals surface area (Å²) < 4.78 is 5.30. The lowest BCUT2D eigenvalue weighted by Crippen LogP contribution is -2.32. The average molecular weight is 259 g/mol. The number of hydrogen-bond acceptors (Lipinski definition) is 7. The number of rotatable bonds is 3. The Bertz CT molecular complexity index is 424. The fourth-order valence-corrected chi connectivity index (χ4v) is 2.54. The maximum Gasteiger partial charge on any atom is 0.142 e. The number of hydrogen-bond donors (Lipinski definition) is 5. The van der Waals surface area contributed by atoms with E-state index in [2.05, 4.69) is 4.98 Å². The minimum Gasteiger partial charge on any atom is -0.394 e. The molecule has 0 bridgehead atoms. The molecule has 94 valence electrons. The van der Waals surface area contributed by atoms with Crippen LogP contribution < -0.4 is 5.73 Å². The molecular weight excluding hydrogens is 246 g/mol. The Morgan fingerprint density at radius 1 is 1.53 bits per heavy atom. The van der Waals surface area contributed by atoms with Gasteiger partial charge in [-0.25, -0.2) is 4.98 Å². The van der Waals surface area contributed by atoms with Crippen LogP contribution in [0.4, 0.5) is 0 Å². The first-order chi connectivity index (χ1) is 8.04. The van der Waals surface area contributed by atoms with Crippen LogP contribution in [0.25, 0.3) is 0 Å². The van der Waals surface area contributed by atoms with E-state index in [-0.39, 0.29) is 12.4 Å². The van der Waals surface area contributed by atoms with Gasteiger partial charge in [-0.05, 0) is 0 Å². The van der Waals surface area contributed by atoms with Gasteiger partial charge >= 0.3 is 0 Å². The van der Waals surface area contributed by atoms with Gasteiger partial charge in [0.1, 0.15) is 41.0 Å². The zero-order valence-electron chi connectivity index (χ0n) is 8.78. The smallest absolute Gasteiger partial charge is 0.142 e. The third-order valence-electron chi connectivity index (χ3n) is 2.58. The number of aromatic nitrogens is 1. The molecule has 2 heterocycles. The molecular formula is C9H13N3O4S. The molecule has 6 N–H and O–H groups in total. The number of thiazole rings is 1. The van der Waals surface area contributed by atoms with Crippen LogP contribution in [0.15, 0.2) is 5.38 Å². The first-order valence-corrected chi connectivity index (χ1v) is 5.84. The minimum absolute atomic E-state index is 0.167. The lowest BCUT2D eigenvalue weighted by Gasteiger charge is -2.11. The Morgan fingerprint density at radius 2 is 2.24 bits per heavy atom. The van der Waals surface area contributed by atoms with Crippen LogP contribution in [0.3, 0.4) is 0 Å². The molecule has 1 aromatic heterocycles. The average Bonchev–Trinajstić information content (AvgIpc) is 2.87. The van der Waals surface area contributed by atoms with Gasteiger partial charge in [0.05, 0.1) is 6.61 Å². The van der Waals surface area contributed by atoms with Crippen molar-refractivity contribution >= 4 is 17.2 Å². The summed E-state index contributed by atoms with van der Waals surface area (Å²) in [6.07, 6.45) is -3.90. The number of nitrogens with one attached hydrogen (secondary N) is 1. The van der Waals surface area contributed by atoms with Crippen LogP contribution >= 0.6 is 11.3 Å². The first-order valence-electron chi connectivity index (χ1n) is 4.97. The molecule has 0 aromatic carbocycles. The number of ether oxygens (including phenoxy) is 1. The molecule has 0 unspecified atom stereocenters. The third-order valence-corrected chi connectivity index (χ3v) is 3.49. The zero-order chi connectivity index (χ0) is 12.6. The number of aliphatic hydroxyl groups is 3. The summed E-state index contributed by atoms with van der Waals surface area (Å²) in [6, 6.07) is 0. The third kappa shape index (κ3) is 2.17. The van der Waals surface area contributed by atoms with E-state index in [4.69, 9.17) is 21.0 Å². The summed E-state index contributed by atoms with van der Waals surface area (Å²) in [6.45, 7) is -0.375. The summed E-state index contributed by atoms with van der Waals surface area (Å²) in [5.41, 5.74) is 5.58. The van der Waals surface area contributed by atoms with Crippen molar-refractivity contribution in [1.82, 2.24) is 4.98 Å². The molecule has 8 heteroatoms. The fourth-order valence-electron chi connectivity index (χ4n) is 1.65. The molecule has 1 aliphatic rings. The molecule has 0 radical (unpaired) electrons. The maximum absolute atomic E-state index is 9.76. The number of amidine groups is 1. The minimum atomic E-state index is -1.14. The van der Waals surface area contributed by atoms with Gasteiger partial charge in [-0.1, -0.05) is 0 Å². The lowest BCUT2D eigenvalue weighted by atomic mass is 10.1. The highest BCUT2D eigenvalue weighted by Crippen LogP contribution is 2.34. The molecule has 1 fully saturated rings. The van der Waals surface area contributed by atoms with Crippen LogP contribution in [-0.4, -0.2) is 51.1 Å². The largest absolute Gasteiger partial charge is 0.394 e. The van der Waals surface area contributed by atoms with Crippen LogP contribution in [0.1, 0.15) is 16.8 Å². The van der Waals surface area contributed by atoms with E-state index in [0.29, 0.717) is 10.7 Å². The summed E-state index contributed by atoms with van der Waals surface area (Å²) in [7, 11) is 0. The zero-order valence-corrected chi connectivity index (χ0v) is 9.59. The molecule has 2 rings (SSSR count). The predicted molar refractivity (Wildman–Crippen MR) is 59.8 cm³/mol. The molecule has 17 heavy (non-hydrogen) atoms. The van der Waals surface area contributed by atoms with Crippen molar-refractivity contribution in [3.8, 4) is 0 Å². The van der Waals surface area contributed by atoms with Crippen molar-refractivity contribution in [2.75, 3.05) is 6.61 Å². The molecule has 4 atom stereocenters. The van der Waals surface area contributed by atoms with Gasteiger partial charge in [-0.2, -0.15) is 0 Å². The lowest BCUT2D eigenvalue weighted by molar-refractivity contribution is -0.0228. The van der Waals surface area contributed by atoms with E-state index in [1.54, 1.807) is 5.38 Å². The van der Waals surface area contributed by atoms with Gasteiger partial charge in [0.2, 0.25) is 0 Å². The standard InChI is InChI=1S/C9H13N3O4S/c10-8(11)3-2-17-9(12-3)7-6(15)5(14)4(1-13)16-7/h2,4-7,13-15H,1H2,(H3,10,11)/t4-,5-,6-,7-/m1/s1.